The summed E-state index contributed by atoms with van der Waals surface area (Å²) in [5.74, 6) is -0.275. The summed E-state index contributed by atoms with van der Waals surface area (Å²) in [7, 11) is 0. The normalized spacial score (nSPS) is 10.7. The molecule has 0 unspecified atom stereocenters. The summed E-state index contributed by atoms with van der Waals surface area (Å²) < 4.78 is 7.07. The van der Waals surface area contributed by atoms with Gasteiger partial charge in [0.25, 0.3) is 0 Å². The number of halogens is 1. The Labute approximate surface area is 116 Å². The number of ether oxygens (including phenoxy) is 1. The molecule has 100 valence electrons. The number of aromatic carboxylic acids is 1. The second-order valence-corrected chi connectivity index (χ2v) is 4.82. The topological polar surface area (TPSA) is 51.5 Å². The number of hydrogen-bond donors (Lipinski definition) is 1. The third-order valence-electron chi connectivity index (χ3n) is 2.49. The minimum Gasteiger partial charge on any atom is -0.491 e. The van der Waals surface area contributed by atoms with Crippen molar-refractivity contribution >= 4 is 17.6 Å². The van der Waals surface area contributed by atoms with Gasteiger partial charge in [0.2, 0.25) is 0 Å². The van der Waals surface area contributed by atoms with E-state index in [1.165, 1.54) is 10.6 Å². The van der Waals surface area contributed by atoms with Crippen LogP contribution in [0.1, 0.15) is 24.3 Å². The molecule has 0 amide bonds. The van der Waals surface area contributed by atoms with E-state index in [4.69, 9.17) is 21.4 Å². The Hall–Kier alpha value is -1.94. The van der Waals surface area contributed by atoms with E-state index in [-0.39, 0.29) is 11.8 Å². The molecule has 0 saturated carbocycles. The number of benzene rings is 1. The van der Waals surface area contributed by atoms with Gasteiger partial charge in [0, 0.05) is 11.9 Å². The van der Waals surface area contributed by atoms with Gasteiger partial charge in [-0.15, -0.1) is 0 Å². The fourth-order valence-electron chi connectivity index (χ4n) is 1.77. The van der Waals surface area contributed by atoms with Crippen LogP contribution in [0.2, 0.25) is 5.02 Å². The molecule has 0 fully saturated rings. The van der Waals surface area contributed by atoms with E-state index in [9.17, 15) is 4.79 Å². The van der Waals surface area contributed by atoms with Gasteiger partial charge in [0.05, 0.1) is 11.1 Å². The van der Waals surface area contributed by atoms with Gasteiger partial charge in [-0.3, -0.25) is 0 Å². The van der Waals surface area contributed by atoms with Crippen LogP contribution in [0.3, 0.4) is 0 Å². The van der Waals surface area contributed by atoms with E-state index in [1.54, 1.807) is 30.5 Å². The highest BCUT2D eigenvalue weighted by Gasteiger charge is 2.13. The van der Waals surface area contributed by atoms with E-state index in [0.717, 1.165) is 11.4 Å². The Morgan fingerprint density at radius 2 is 1.95 bits per heavy atom. The lowest BCUT2D eigenvalue weighted by Crippen LogP contribution is -2.07. The first-order chi connectivity index (χ1) is 8.97. The summed E-state index contributed by atoms with van der Waals surface area (Å²) >= 11 is 5.85. The Bertz CT molecular complexity index is 587. The van der Waals surface area contributed by atoms with Crippen molar-refractivity contribution in [3.05, 3.63) is 47.2 Å². The van der Waals surface area contributed by atoms with Gasteiger partial charge < -0.3 is 14.4 Å². The average molecular weight is 280 g/mol. The highest BCUT2D eigenvalue weighted by molar-refractivity contribution is 6.31. The summed E-state index contributed by atoms with van der Waals surface area (Å²) in [6, 6.07) is 8.60. The van der Waals surface area contributed by atoms with Crippen molar-refractivity contribution in [2.75, 3.05) is 0 Å². The summed E-state index contributed by atoms with van der Waals surface area (Å²) in [6.45, 7) is 3.89. The highest BCUT2D eigenvalue weighted by Crippen LogP contribution is 2.22. The van der Waals surface area contributed by atoms with E-state index in [0.29, 0.717) is 5.02 Å². The second-order valence-electron chi connectivity index (χ2n) is 4.38. The van der Waals surface area contributed by atoms with Crippen LogP contribution in [-0.4, -0.2) is 21.7 Å². The molecule has 0 radical (unpaired) electrons. The summed E-state index contributed by atoms with van der Waals surface area (Å²) in [6.07, 6.45) is 1.67. The first-order valence-electron chi connectivity index (χ1n) is 5.85. The molecule has 1 heterocycles. The third kappa shape index (κ3) is 3.09. The third-order valence-corrected chi connectivity index (χ3v) is 2.70. The van der Waals surface area contributed by atoms with Crippen LogP contribution in [0.4, 0.5) is 0 Å². The van der Waals surface area contributed by atoms with Gasteiger partial charge in [-0.05, 0) is 44.2 Å². The van der Waals surface area contributed by atoms with Gasteiger partial charge in [-0.25, -0.2) is 4.79 Å². The van der Waals surface area contributed by atoms with Crippen LogP contribution < -0.4 is 4.74 Å². The number of aromatic nitrogens is 1. The molecule has 19 heavy (non-hydrogen) atoms. The lowest BCUT2D eigenvalue weighted by atomic mass is 10.3. The zero-order valence-corrected chi connectivity index (χ0v) is 11.4. The molecular formula is C14H14ClNO3. The summed E-state index contributed by atoms with van der Waals surface area (Å²) in [4.78, 5) is 11.1. The van der Waals surface area contributed by atoms with Crippen LogP contribution in [0, 0.1) is 0 Å². The van der Waals surface area contributed by atoms with Crippen molar-refractivity contribution in [2.24, 2.45) is 0 Å². The number of rotatable bonds is 4. The van der Waals surface area contributed by atoms with Crippen LogP contribution in [0.5, 0.6) is 5.75 Å². The van der Waals surface area contributed by atoms with Gasteiger partial charge in [-0.2, -0.15) is 0 Å². The van der Waals surface area contributed by atoms with E-state index in [2.05, 4.69) is 0 Å². The number of carboxylic acids is 1. The molecule has 0 atom stereocenters. The lowest BCUT2D eigenvalue weighted by Gasteiger charge is -2.11. The molecule has 0 aliphatic heterocycles. The maximum absolute atomic E-state index is 11.1. The molecule has 1 N–H and O–H groups in total. The minimum absolute atomic E-state index is 0.0986. The number of nitrogens with zero attached hydrogens (tertiary/aromatic N) is 1. The Morgan fingerprint density at radius 1 is 1.32 bits per heavy atom. The molecule has 2 rings (SSSR count). The quantitative estimate of drug-likeness (QED) is 0.930. The molecule has 0 spiro atoms. The fraction of sp³-hybridized carbons (Fsp3) is 0.214. The van der Waals surface area contributed by atoms with Crippen molar-refractivity contribution in [1.29, 1.82) is 0 Å². The first kappa shape index (κ1) is 13.5. The van der Waals surface area contributed by atoms with Crippen molar-refractivity contribution in [3.8, 4) is 11.4 Å². The average Bonchev–Trinajstić information content (AvgIpc) is 2.72. The Balaban J connectivity index is 2.34. The molecule has 5 heteroatoms. The number of hydrogen-bond acceptors (Lipinski definition) is 2. The predicted molar refractivity (Wildman–Crippen MR) is 73.5 cm³/mol. The SMILES string of the molecule is CC(C)Oc1ccc(-n2cc(Cl)cc2C(=O)O)cc1. The van der Waals surface area contributed by atoms with Crippen LogP contribution in [0.25, 0.3) is 5.69 Å². The number of carbonyl (C=O) groups is 1. The van der Waals surface area contributed by atoms with Gasteiger partial charge in [0.1, 0.15) is 11.4 Å². The predicted octanol–water partition coefficient (Wildman–Crippen LogP) is 3.62. The standard InChI is InChI=1S/C14H14ClNO3/c1-9(2)19-12-5-3-11(4-6-12)16-8-10(15)7-13(16)14(17)18/h3-9H,1-2H3,(H,17,18). The minimum atomic E-state index is -1.02. The highest BCUT2D eigenvalue weighted by atomic mass is 35.5. The Kier molecular flexibility index (Phi) is 3.81. The van der Waals surface area contributed by atoms with Crippen molar-refractivity contribution in [2.45, 2.75) is 20.0 Å². The molecule has 1 aromatic carbocycles. The maximum Gasteiger partial charge on any atom is 0.352 e. The van der Waals surface area contributed by atoms with Gasteiger partial charge >= 0.3 is 5.97 Å². The first-order valence-corrected chi connectivity index (χ1v) is 6.23. The molecule has 2 aromatic rings. The lowest BCUT2D eigenvalue weighted by molar-refractivity contribution is 0.0688. The van der Waals surface area contributed by atoms with Crippen molar-refractivity contribution < 1.29 is 14.6 Å². The van der Waals surface area contributed by atoms with E-state index in [1.807, 2.05) is 13.8 Å². The maximum atomic E-state index is 11.1. The second kappa shape index (κ2) is 5.36. The zero-order valence-electron chi connectivity index (χ0n) is 10.6. The molecular weight excluding hydrogens is 266 g/mol. The fourth-order valence-corrected chi connectivity index (χ4v) is 1.97. The summed E-state index contributed by atoms with van der Waals surface area (Å²) in [5, 5.41) is 9.50. The smallest absolute Gasteiger partial charge is 0.352 e. The largest absolute Gasteiger partial charge is 0.491 e. The molecule has 0 bridgehead atoms. The van der Waals surface area contributed by atoms with Crippen molar-refractivity contribution in [3.63, 3.8) is 0 Å². The van der Waals surface area contributed by atoms with Crippen LogP contribution in [-0.2, 0) is 0 Å². The van der Waals surface area contributed by atoms with Crippen LogP contribution >= 0.6 is 11.6 Å². The number of carboxylic acid groups (broad SMARTS) is 1. The molecule has 0 aliphatic rings. The molecule has 1 aromatic heterocycles. The molecule has 4 nitrogen and oxygen atoms in total. The van der Waals surface area contributed by atoms with E-state index >= 15 is 0 Å². The Morgan fingerprint density at radius 3 is 2.47 bits per heavy atom. The van der Waals surface area contributed by atoms with Crippen LogP contribution in [0.15, 0.2) is 36.5 Å². The van der Waals surface area contributed by atoms with E-state index < -0.39 is 5.97 Å². The monoisotopic (exact) mass is 279 g/mol. The zero-order chi connectivity index (χ0) is 14.0. The molecule has 0 aliphatic carbocycles. The van der Waals surface area contributed by atoms with Gasteiger partial charge in [-0.1, -0.05) is 11.6 Å². The summed E-state index contributed by atoms with van der Waals surface area (Å²) in [5.41, 5.74) is 0.850. The molecule has 0 saturated heterocycles. The van der Waals surface area contributed by atoms with Crippen molar-refractivity contribution in [1.82, 2.24) is 4.57 Å². The van der Waals surface area contributed by atoms with Gasteiger partial charge in [0.15, 0.2) is 0 Å².